The topological polar surface area (TPSA) is 74.0 Å². The van der Waals surface area contributed by atoms with Gasteiger partial charge in [0.05, 0.1) is 25.0 Å². The van der Waals surface area contributed by atoms with Crippen LogP contribution in [0.4, 0.5) is 18.9 Å². The Balaban J connectivity index is 1.29. The predicted molar refractivity (Wildman–Crippen MR) is 142 cm³/mol. The molecule has 3 aromatic rings. The maximum absolute atomic E-state index is 15.1. The molecule has 214 valence electrons. The lowest BCUT2D eigenvalue weighted by Crippen LogP contribution is -2.37. The minimum atomic E-state index is -2.96. The van der Waals surface area contributed by atoms with E-state index in [1.807, 2.05) is 0 Å². The van der Waals surface area contributed by atoms with Gasteiger partial charge in [-0.3, -0.25) is 0 Å². The van der Waals surface area contributed by atoms with E-state index in [2.05, 4.69) is 17.0 Å². The van der Waals surface area contributed by atoms with Gasteiger partial charge in [-0.1, -0.05) is 24.2 Å². The molecule has 0 radical (unpaired) electrons. The third-order valence-electron chi connectivity index (χ3n) is 7.70. The van der Waals surface area contributed by atoms with Gasteiger partial charge in [0.1, 0.15) is 23.0 Å². The van der Waals surface area contributed by atoms with E-state index >= 15 is 4.39 Å². The number of anilines is 1. The van der Waals surface area contributed by atoms with Crippen molar-refractivity contribution in [2.45, 2.75) is 76.7 Å². The molecule has 2 fully saturated rings. The van der Waals surface area contributed by atoms with Crippen molar-refractivity contribution >= 4 is 11.7 Å². The van der Waals surface area contributed by atoms with Gasteiger partial charge in [0.25, 0.3) is 0 Å². The Kier molecular flexibility index (Phi) is 8.63. The Labute approximate surface area is 231 Å². The molecule has 10 heteroatoms. The van der Waals surface area contributed by atoms with E-state index in [1.165, 1.54) is 19.2 Å². The molecule has 1 aromatic heterocycles. The minimum Gasteiger partial charge on any atom is -0.465 e. The third-order valence-corrected chi connectivity index (χ3v) is 7.70. The Morgan fingerprint density at radius 3 is 2.60 bits per heavy atom. The van der Waals surface area contributed by atoms with Gasteiger partial charge in [-0.2, -0.15) is 8.78 Å². The molecule has 0 N–H and O–H groups in total. The van der Waals surface area contributed by atoms with Crippen molar-refractivity contribution in [3.8, 4) is 17.0 Å². The summed E-state index contributed by atoms with van der Waals surface area (Å²) in [7, 11) is 1.27. The molecule has 5 rings (SSSR count). The molecular formula is C30H33F3N2O5. The van der Waals surface area contributed by atoms with Crippen LogP contribution in [0.1, 0.15) is 73.0 Å². The fourth-order valence-corrected chi connectivity index (χ4v) is 5.59. The zero-order valence-corrected chi connectivity index (χ0v) is 22.6. The first kappa shape index (κ1) is 28.0. The average Bonchev–Trinajstić information content (AvgIpc) is 3.58. The lowest BCUT2D eigenvalue weighted by atomic mass is 10.0. The fourth-order valence-electron chi connectivity index (χ4n) is 5.59. The second-order valence-electron chi connectivity index (χ2n) is 10.2. The SMILES string of the molecule is CCC1CC[C@@H](CCOCc2c(-c3ccccc3OC(F)F)noc2C2CC2)N1c1ccc(C(=O)OC)cc1F. The number of esters is 1. The number of carbonyl (C=O) groups is 1. The van der Waals surface area contributed by atoms with Crippen LogP contribution in [0.3, 0.4) is 0 Å². The molecule has 1 unspecified atom stereocenters. The van der Waals surface area contributed by atoms with Gasteiger partial charge in [-0.05, 0) is 68.9 Å². The Morgan fingerprint density at radius 2 is 1.90 bits per heavy atom. The van der Waals surface area contributed by atoms with Gasteiger partial charge < -0.3 is 23.6 Å². The van der Waals surface area contributed by atoms with E-state index in [1.54, 1.807) is 30.3 Å². The smallest absolute Gasteiger partial charge is 0.387 e. The average molecular weight is 559 g/mol. The molecule has 1 aliphatic heterocycles. The second kappa shape index (κ2) is 12.3. The Morgan fingerprint density at radius 1 is 1.12 bits per heavy atom. The summed E-state index contributed by atoms with van der Waals surface area (Å²) in [6, 6.07) is 11.2. The van der Waals surface area contributed by atoms with Crippen LogP contribution in [0, 0.1) is 5.82 Å². The van der Waals surface area contributed by atoms with Gasteiger partial charge in [0.15, 0.2) is 0 Å². The molecule has 2 atom stereocenters. The zero-order chi connectivity index (χ0) is 28.2. The highest BCUT2D eigenvalue weighted by molar-refractivity contribution is 5.89. The van der Waals surface area contributed by atoms with Gasteiger partial charge in [0, 0.05) is 35.7 Å². The molecule has 0 bridgehead atoms. The number of hydrogen-bond donors (Lipinski definition) is 0. The number of methoxy groups -OCH3 is 1. The standard InChI is InChI=1S/C30H33F3N2O5/c1-3-20-11-12-21(35(20)25-13-10-19(16-24(25)31)29(36)37-2)14-15-38-17-23-27(34-40-28(23)18-8-9-18)22-6-4-5-7-26(22)39-30(32)33/h4-7,10,13,16,18,20-21,30H,3,8-9,11-12,14-15,17H2,1-2H3/t20?,21-/m0/s1. The fraction of sp³-hybridized carbons (Fsp3) is 0.467. The number of carbonyl (C=O) groups excluding carboxylic acids is 1. The molecule has 2 aliphatic rings. The van der Waals surface area contributed by atoms with Crippen molar-refractivity contribution in [3.05, 3.63) is 65.2 Å². The number of aromatic nitrogens is 1. The molecule has 1 aliphatic carbocycles. The summed E-state index contributed by atoms with van der Waals surface area (Å²) in [5.41, 5.74) is 2.25. The number of halogens is 3. The second-order valence-corrected chi connectivity index (χ2v) is 10.2. The van der Waals surface area contributed by atoms with Crippen molar-refractivity contribution in [2.24, 2.45) is 0 Å². The molecule has 0 amide bonds. The highest BCUT2D eigenvalue weighted by Gasteiger charge is 2.35. The van der Waals surface area contributed by atoms with Crippen LogP contribution in [0.15, 0.2) is 47.0 Å². The highest BCUT2D eigenvalue weighted by atomic mass is 19.3. The van der Waals surface area contributed by atoms with E-state index in [9.17, 15) is 13.6 Å². The summed E-state index contributed by atoms with van der Waals surface area (Å²) in [4.78, 5) is 13.9. The summed E-state index contributed by atoms with van der Waals surface area (Å²) < 4.78 is 62.4. The lowest BCUT2D eigenvalue weighted by Gasteiger charge is -2.32. The third kappa shape index (κ3) is 5.96. The van der Waals surface area contributed by atoms with Crippen LogP contribution in [0.25, 0.3) is 11.3 Å². The summed E-state index contributed by atoms with van der Waals surface area (Å²) >= 11 is 0. The van der Waals surface area contributed by atoms with Crippen LogP contribution in [-0.4, -0.2) is 43.5 Å². The number of rotatable bonds is 12. The van der Waals surface area contributed by atoms with Crippen molar-refractivity contribution < 1.29 is 36.7 Å². The molecule has 7 nitrogen and oxygen atoms in total. The largest absolute Gasteiger partial charge is 0.465 e. The van der Waals surface area contributed by atoms with Crippen molar-refractivity contribution in [1.82, 2.24) is 5.16 Å². The first-order valence-corrected chi connectivity index (χ1v) is 13.7. The summed E-state index contributed by atoms with van der Waals surface area (Å²) in [5, 5.41) is 4.22. The van der Waals surface area contributed by atoms with Crippen molar-refractivity contribution in [2.75, 3.05) is 18.6 Å². The van der Waals surface area contributed by atoms with Crippen LogP contribution in [0.2, 0.25) is 0 Å². The Bertz CT molecular complexity index is 1330. The first-order valence-electron chi connectivity index (χ1n) is 13.7. The maximum Gasteiger partial charge on any atom is 0.387 e. The van der Waals surface area contributed by atoms with Crippen molar-refractivity contribution in [3.63, 3.8) is 0 Å². The minimum absolute atomic E-state index is 0.0295. The van der Waals surface area contributed by atoms with Crippen molar-refractivity contribution in [1.29, 1.82) is 0 Å². The number of hydrogen-bond acceptors (Lipinski definition) is 7. The van der Waals surface area contributed by atoms with Crippen LogP contribution in [-0.2, 0) is 16.1 Å². The number of ether oxygens (including phenoxy) is 3. The van der Waals surface area contributed by atoms with E-state index < -0.39 is 18.4 Å². The number of nitrogens with zero attached hydrogens (tertiary/aromatic N) is 2. The molecule has 1 saturated carbocycles. The molecule has 40 heavy (non-hydrogen) atoms. The maximum atomic E-state index is 15.1. The molecular weight excluding hydrogens is 525 g/mol. The van der Waals surface area contributed by atoms with Gasteiger partial charge >= 0.3 is 12.6 Å². The zero-order valence-electron chi connectivity index (χ0n) is 22.6. The van der Waals surface area contributed by atoms with Gasteiger partial charge in [-0.25, -0.2) is 9.18 Å². The molecule has 2 heterocycles. The van der Waals surface area contributed by atoms with E-state index in [4.69, 9.17) is 18.7 Å². The Hall–Kier alpha value is -3.53. The van der Waals surface area contributed by atoms with E-state index in [0.717, 1.165) is 43.4 Å². The normalized spacial score (nSPS) is 18.9. The van der Waals surface area contributed by atoms with Crippen LogP contribution in [0.5, 0.6) is 5.75 Å². The number of alkyl halides is 2. The summed E-state index contributed by atoms with van der Waals surface area (Å²) in [6.07, 6.45) is 5.31. The highest BCUT2D eigenvalue weighted by Crippen LogP contribution is 2.45. The molecule has 1 saturated heterocycles. The number of para-hydroxylation sites is 1. The van der Waals surface area contributed by atoms with E-state index in [0.29, 0.717) is 30.0 Å². The molecule has 0 spiro atoms. The van der Waals surface area contributed by atoms with Crippen LogP contribution >= 0.6 is 0 Å². The number of benzene rings is 2. The predicted octanol–water partition coefficient (Wildman–Crippen LogP) is 7.10. The summed E-state index contributed by atoms with van der Waals surface area (Å²) in [5.74, 6) is -0.0347. The lowest BCUT2D eigenvalue weighted by molar-refractivity contribution is -0.0494. The first-order chi connectivity index (χ1) is 19.4. The summed E-state index contributed by atoms with van der Waals surface area (Å²) in [6.45, 7) is -0.262. The van der Waals surface area contributed by atoms with Crippen LogP contribution < -0.4 is 9.64 Å². The van der Waals surface area contributed by atoms with Gasteiger partial charge in [-0.15, -0.1) is 0 Å². The molecule has 2 aromatic carbocycles. The quantitative estimate of drug-likeness (QED) is 0.173. The van der Waals surface area contributed by atoms with E-state index in [-0.39, 0.29) is 35.9 Å². The monoisotopic (exact) mass is 558 g/mol. The van der Waals surface area contributed by atoms with Gasteiger partial charge in [0.2, 0.25) is 0 Å².